The number of hydrogen-bond donors (Lipinski definition) is 4. The van der Waals surface area contributed by atoms with Gasteiger partial charge in [0.1, 0.15) is 23.7 Å². The van der Waals surface area contributed by atoms with E-state index in [4.69, 9.17) is 19.4 Å². The second kappa shape index (κ2) is 17.4. The van der Waals surface area contributed by atoms with Crippen molar-refractivity contribution in [3.8, 4) is 22.3 Å². The summed E-state index contributed by atoms with van der Waals surface area (Å²) < 4.78 is 10.3. The van der Waals surface area contributed by atoms with E-state index in [0.29, 0.717) is 45.0 Å². The van der Waals surface area contributed by atoms with Gasteiger partial charge in [0, 0.05) is 33.4 Å². The number of carboxylic acid groups (broad SMARTS) is 1. The number of aromatic amines is 2. The van der Waals surface area contributed by atoms with E-state index < -0.39 is 24.3 Å². The zero-order chi connectivity index (χ0) is 43.9. The van der Waals surface area contributed by atoms with Crippen molar-refractivity contribution in [2.24, 2.45) is 11.8 Å². The number of nitrogens with zero attached hydrogens (tertiary/aromatic N) is 5. The monoisotopic (exact) mass is 854 g/mol. The first-order valence-electron chi connectivity index (χ1n) is 22.0. The Morgan fingerprint density at radius 3 is 1.73 bits per heavy atom. The van der Waals surface area contributed by atoms with Crippen LogP contribution in [-0.4, -0.2) is 116 Å². The molecule has 0 saturated carbocycles. The summed E-state index contributed by atoms with van der Waals surface area (Å²) in [5.74, 6) is 0.935. The fourth-order valence-electron chi connectivity index (χ4n) is 9.85. The Balaban J connectivity index is 0.919. The molecule has 4 N–H and O–H groups in total. The zero-order valence-corrected chi connectivity index (χ0v) is 36.1. The third-order valence-corrected chi connectivity index (χ3v) is 13.3. The Hall–Kier alpha value is -6.48. The number of amides is 4. The number of carbonyl (C=O) groups is 4. The molecule has 0 aliphatic carbocycles. The van der Waals surface area contributed by atoms with Crippen molar-refractivity contribution in [1.29, 1.82) is 0 Å². The highest BCUT2D eigenvalue weighted by Gasteiger charge is 2.42. The van der Waals surface area contributed by atoms with Crippen LogP contribution >= 0.6 is 0 Å². The van der Waals surface area contributed by atoms with Crippen LogP contribution in [0.3, 0.4) is 0 Å². The second-order valence-electron chi connectivity index (χ2n) is 17.5. The van der Waals surface area contributed by atoms with Crippen LogP contribution in [-0.2, 0) is 19.1 Å². The Morgan fingerprint density at radius 1 is 0.746 bits per heavy atom. The first-order chi connectivity index (χ1) is 30.5. The van der Waals surface area contributed by atoms with Crippen molar-refractivity contribution in [3.63, 3.8) is 0 Å². The summed E-state index contributed by atoms with van der Waals surface area (Å²) in [4.78, 5) is 73.7. The van der Waals surface area contributed by atoms with Crippen LogP contribution in [0, 0.1) is 11.8 Å². The molecule has 0 spiro atoms. The molecule has 2 aromatic heterocycles. The molecular weight excluding hydrogens is 801 g/mol. The fraction of sp³-hybridized carbons (Fsp3) is 0.417. The molecule has 4 aromatic carbocycles. The van der Waals surface area contributed by atoms with Crippen LogP contribution in [0.5, 0.6) is 0 Å². The lowest BCUT2D eigenvalue weighted by Gasteiger charge is -2.37. The molecule has 3 aliphatic heterocycles. The van der Waals surface area contributed by atoms with Crippen molar-refractivity contribution < 1.29 is 33.8 Å². The van der Waals surface area contributed by atoms with E-state index >= 15 is 0 Å². The summed E-state index contributed by atoms with van der Waals surface area (Å²) in [6.45, 7) is 6.00. The number of carbonyl (C=O) groups excluding carboxylic acids is 3. The van der Waals surface area contributed by atoms with Crippen molar-refractivity contribution in [1.82, 2.24) is 40.0 Å². The largest absolute Gasteiger partial charge is 0.465 e. The van der Waals surface area contributed by atoms with Gasteiger partial charge in [-0.3, -0.25) is 14.5 Å². The van der Waals surface area contributed by atoms with Gasteiger partial charge in [0.2, 0.25) is 11.8 Å². The summed E-state index contributed by atoms with van der Waals surface area (Å²) in [6, 6.07) is 23.3. The van der Waals surface area contributed by atoms with Crippen LogP contribution in [0.2, 0.25) is 0 Å². The van der Waals surface area contributed by atoms with Gasteiger partial charge in [-0.2, -0.15) is 0 Å². The normalized spacial score (nSPS) is 19.3. The lowest BCUT2D eigenvalue weighted by Crippen LogP contribution is -2.53. The molecule has 4 amide bonds. The van der Waals surface area contributed by atoms with E-state index in [-0.39, 0.29) is 35.7 Å². The maximum atomic E-state index is 14.1. The zero-order valence-electron chi connectivity index (χ0n) is 36.1. The number of hydrogen-bond acceptors (Lipinski definition) is 8. The molecule has 15 heteroatoms. The van der Waals surface area contributed by atoms with Crippen molar-refractivity contribution in [2.45, 2.75) is 76.5 Å². The van der Waals surface area contributed by atoms with Crippen molar-refractivity contribution in [3.05, 3.63) is 84.4 Å². The number of aromatic nitrogens is 4. The molecule has 3 fully saturated rings. The Kier molecular flexibility index (Phi) is 11.5. The SMILES string of the molecule is COC(=O)N[C@H](C(=O)N1CCC[C@H]1c1nc2ccc(-c3ccc4cc(-c5ccc6nc([C@@H]7CCCN7C(=O)[C@H](C7CCOCC7)N(C)C(=O)O)[nH]c6c5)ccc4c3)cc2[nH]1)C(C)C. The van der Waals surface area contributed by atoms with Gasteiger partial charge in [0.15, 0.2) is 0 Å². The quantitative estimate of drug-likeness (QED) is 0.106. The number of rotatable bonds is 10. The molecule has 63 heavy (non-hydrogen) atoms. The van der Waals surface area contributed by atoms with Crippen LogP contribution in [0.1, 0.15) is 76.1 Å². The van der Waals surface area contributed by atoms with E-state index in [1.807, 2.05) is 35.8 Å². The average Bonchev–Trinajstić information content (AvgIpc) is 4.13. The number of methoxy groups -OCH3 is 1. The minimum Gasteiger partial charge on any atom is -0.465 e. The second-order valence-corrected chi connectivity index (χ2v) is 17.5. The molecule has 3 aliphatic rings. The van der Waals surface area contributed by atoms with E-state index in [2.05, 4.69) is 75.9 Å². The Labute approximate surface area is 365 Å². The van der Waals surface area contributed by atoms with Gasteiger partial charge >= 0.3 is 12.2 Å². The van der Waals surface area contributed by atoms with Gasteiger partial charge in [0.05, 0.1) is 41.3 Å². The lowest BCUT2D eigenvalue weighted by atomic mass is 9.89. The number of imidazole rings is 2. The van der Waals surface area contributed by atoms with Gasteiger partial charge in [-0.15, -0.1) is 0 Å². The molecule has 0 bridgehead atoms. The summed E-state index contributed by atoms with van der Waals surface area (Å²) in [5, 5.41) is 14.8. The van der Waals surface area contributed by atoms with Gasteiger partial charge in [-0.05, 0) is 120 Å². The highest BCUT2D eigenvalue weighted by molar-refractivity contribution is 5.93. The maximum absolute atomic E-state index is 14.1. The minimum atomic E-state index is -1.11. The molecular formula is C48H54N8O7. The topological polar surface area (TPSA) is 186 Å². The molecule has 6 aromatic rings. The highest BCUT2D eigenvalue weighted by atomic mass is 16.5. The third kappa shape index (κ3) is 8.17. The molecule has 0 radical (unpaired) electrons. The third-order valence-electron chi connectivity index (χ3n) is 13.3. The van der Waals surface area contributed by atoms with Gasteiger partial charge in [-0.1, -0.05) is 50.2 Å². The smallest absolute Gasteiger partial charge is 0.407 e. The number of fused-ring (bicyclic) bond motifs is 3. The highest BCUT2D eigenvalue weighted by Crippen LogP contribution is 2.37. The molecule has 9 rings (SSSR count). The van der Waals surface area contributed by atoms with Gasteiger partial charge < -0.3 is 39.7 Å². The van der Waals surface area contributed by atoms with E-state index in [1.165, 1.54) is 19.1 Å². The number of ether oxygens (including phenoxy) is 2. The predicted molar refractivity (Wildman–Crippen MR) is 239 cm³/mol. The number of H-pyrrole nitrogens is 2. The number of benzene rings is 4. The molecule has 328 valence electrons. The number of likely N-dealkylation sites (tertiary alicyclic amines) is 2. The van der Waals surface area contributed by atoms with E-state index in [1.54, 1.807) is 0 Å². The maximum Gasteiger partial charge on any atom is 0.407 e. The van der Waals surface area contributed by atoms with Crippen LogP contribution in [0.4, 0.5) is 9.59 Å². The summed E-state index contributed by atoms with van der Waals surface area (Å²) in [6.07, 6.45) is 2.74. The summed E-state index contributed by atoms with van der Waals surface area (Å²) in [7, 11) is 2.79. The van der Waals surface area contributed by atoms with E-state index in [9.17, 15) is 24.3 Å². The first-order valence-corrected chi connectivity index (χ1v) is 22.0. The minimum absolute atomic E-state index is 0.0983. The molecule has 5 heterocycles. The van der Waals surface area contributed by atoms with Crippen molar-refractivity contribution >= 4 is 56.8 Å². The fourth-order valence-corrected chi connectivity index (χ4v) is 9.85. The van der Waals surface area contributed by atoms with Gasteiger partial charge in [-0.25, -0.2) is 19.6 Å². The average molecular weight is 855 g/mol. The Bertz CT molecular complexity index is 2700. The number of nitrogens with one attached hydrogen (secondary N) is 3. The van der Waals surface area contributed by atoms with Crippen molar-refractivity contribution in [2.75, 3.05) is 40.5 Å². The predicted octanol–water partition coefficient (Wildman–Crippen LogP) is 8.04. The number of alkyl carbamates (subject to hydrolysis) is 1. The summed E-state index contributed by atoms with van der Waals surface area (Å²) in [5.41, 5.74) is 7.61. The molecule has 4 atom stereocenters. The molecule has 15 nitrogen and oxygen atoms in total. The van der Waals surface area contributed by atoms with E-state index in [0.717, 1.165) is 86.6 Å². The van der Waals surface area contributed by atoms with Crippen LogP contribution in [0.15, 0.2) is 72.8 Å². The Morgan fingerprint density at radius 2 is 1.24 bits per heavy atom. The van der Waals surface area contributed by atoms with Crippen LogP contribution in [0.25, 0.3) is 55.1 Å². The lowest BCUT2D eigenvalue weighted by molar-refractivity contribution is -0.140. The molecule has 3 saturated heterocycles. The molecule has 0 unspecified atom stereocenters. The van der Waals surface area contributed by atoms with Crippen LogP contribution < -0.4 is 5.32 Å². The standard InChI is InChI=1S/C48H54N8O7/c1-27(2)41(53-47(59)62-4)45(57)55-19-5-7-39(55)43-49-35-15-13-33(25-37(35)51-43)31-11-9-30-24-32(12-10-29(30)23-31)34-14-16-36-38(26-34)52-44(50-36)40-8-6-20-56(40)46(58)42(54(3)48(60)61)28-17-21-63-22-18-28/h9-16,23-28,39-42H,5-8,17-22H2,1-4H3,(H,49,51)(H,50,52)(H,53,59)(H,60,61)/t39-,40-,41-,42-/m0/s1. The van der Waals surface area contributed by atoms with Gasteiger partial charge in [0.25, 0.3) is 0 Å². The first kappa shape index (κ1) is 41.9. The number of likely N-dealkylation sites (N-methyl/N-ethyl adjacent to an activating group) is 1. The summed E-state index contributed by atoms with van der Waals surface area (Å²) >= 11 is 0.